The number of carboxylic acids is 3. The fraction of sp³-hybridized carbons (Fsp3) is 0.375. The van der Waals surface area contributed by atoms with E-state index in [-0.39, 0.29) is 26.0 Å². The number of hydrogen-bond donors (Lipinski definition) is 1. The van der Waals surface area contributed by atoms with Crippen LogP contribution in [-0.4, -0.2) is 48.6 Å². The Labute approximate surface area is 105 Å². The van der Waals surface area contributed by atoms with Crippen molar-refractivity contribution in [2.75, 3.05) is 20.6 Å². The van der Waals surface area contributed by atoms with Gasteiger partial charge in [0.1, 0.15) is 0 Å². The zero-order chi connectivity index (χ0) is 12.4. The maximum Gasteiger partial charge on any atom is 2.00 e. The molecule has 0 aliphatic heterocycles. The first-order valence-corrected chi connectivity index (χ1v) is 3.72. The Morgan fingerprint density at radius 2 is 1.44 bits per heavy atom. The van der Waals surface area contributed by atoms with E-state index >= 15 is 0 Å². The topological polar surface area (TPSA) is 121 Å². The summed E-state index contributed by atoms with van der Waals surface area (Å²) in [6.07, 6.45) is 0.769. The van der Waals surface area contributed by atoms with Crippen molar-refractivity contribution in [3.05, 3.63) is 12.2 Å². The van der Waals surface area contributed by atoms with Crippen LogP contribution in [0.5, 0.6) is 0 Å². The Balaban J connectivity index is -0.000000200. The molecule has 0 atom stereocenters. The number of carbonyl (C=O) groups is 3. The van der Waals surface area contributed by atoms with E-state index in [4.69, 9.17) is 5.11 Å². The smallest absolute Gasteiger partial charge is 0.545 e. The fourth-order valence-electron chi connectivity index (χ4n) is 0.407. The number of nitrogens with zero attached hydrogens (tertiary/aromatic N) is 1. The van der Waals surface area contributed by atoms with E-state index in [1.165, 1.54) is 0 Å². The van der Waals surface area contributed by atoms with Gasteiger partial charge in [-0.25, -0.2) is 0 Å². The summed E-state index contributed by atoms with van der Waals surface area (Å²) in [6, 6.07) is 0. The van der Waals surface area contributed by atoms with Crippen LogP contribution >= 0.6 is 0 Å². The van der Waals surface area contributed by atoms with Gasteiger partial charge in [0, 0.05) is 0 Å². The average molecular weight is 283 g/mol. The molecular formula is C8H11NO6Zn. The Morgan fingerprint density at radius 1 is 1.12 bits per heavy atom. The molecule has 0 aromatic carbocycles. The molecule has 0 aromatic heterocycles. The molecule has 0 fully saturated rings. The molecule has 0 rings (SSSR count). The first-order chi connectivity index (χ1) is 6.75. The third kappa shape index (κ3) is 29.3. The first-order valence-electron chi connectivity index (χ1n) is 3.72. The number of carbonyl (C=O) groups excluding carboxylic acids is 2. The molecular weight excluding hydrogens is 271 g/mol. The van der Waals surface area contributed by atoms with Gasteiger partial charge in [-0.2, -0.15) is 0 Å². The Morgan fingerprint density at radius 3 is 1.50 bits per heavy atom. The zero-order valence-corrected chi connectivity index (χ0v) is 12.0. The molecule has 0 bridgehead atoms. The van der Waals surface area contributed by atoms with Gasteiger partial charge < -0.3 is 24.9 Å². The summed E-state index contributed by atoms with van der Waals surface area (Å²) < 4.78 is 0. The summed E-state index contributed by atoms with van der Waals surface area (Å²) in [4.78, 5) is 30.2. The van der Waals surface area contributed by atoms with Gasteiger partial charge in [0.25, 0.3) is 0 Å². The van der Waals surface area contributed by atoms with Crippen molar-refractivity contribution >= 4 is 17.9 Å². The third-order valence-corrected chi connectivity index (χ3v) is 0.807. The molecule has 0 unspecified atom stereocenters. The third-order valence-electron chi connectivity index (χ3n) is 0.807. The molecule has 7 nitrogen and oxygen atoms in total. The Hall–Kier alpha value is -1.27. The van der Waals surface area contributed by atoms with Crippen LogP contribution in [0.15, 0.2) is 12.2 Å². The van der Waals surface area contributed by atoms with E-state index in [2.05, 4.69) is 0 Å². The second kappa shape index (κ2) is 11.8. The van der Waals surface area contributed by atoms with E-state index in [0.29, 0.717) is 12.2 Å². The van der Waals surface area contributed by atoms with Crippen LogP contribution in [0.25, 0.3) is 0 Å². The fourth-order valence-corrected chi connectivity index (χ4v) is 0.407. The van der Waals surface area contributed by atoms with Crippen LogP contribution in [0.1, 0.15) is 0 Å². The van der Waals surface area contributed by atoms with E-state index in [1.54, 1.807) is 19.0 Å². The molecule has 0 radical (unpaired) electrons. The van der Waals surface area contributed by atoms with E-state index in [0.717, 1.165) is 0 Å². The summed E-state index contributed by atoms with van der Waals surface area (Å²) in [5, 5.41) is 26.9. The van der Waals surface area contributed by atoms with Crippen LogP contribution < -0.4 is 10.2 Å². The molecule has 0 aromatic rings. The van der Waals surface area contributed by atoms with Gasteiger partial charge in [0.05, 0.1) is 18.5 Å². The SMILES string of the molecule is CN(C)CC(=O)O.O=C([O-])/C=C/C(=O)[O-].[Zn+2]. The minimum atomic E-state index is -1.55. The van der Waals surface area contributed by atoms with E-state index in [1.807, 2.05) is 0 Å². The predicted octanol–water partition coefficient (Wildman–Crippen LogP) is -3.33. The normalized spacial score (nSPS) is 8.94. The summed E-state index contributed by atoms with van der Waals surface area (Å²) >= 11 is 0. The maximum absolute atomic E-state index is 9.77. The average Bonchev–Trinajstić information content (AvgIpc) is 1.99. The molecule has 0 aliphatic carbocycles. The van der Waals surface area contributed by atoms with E-state index < -0.39 is 17.9 Å². The molecule has 0 spiro atoms. The van der Waals surface area contributed by atoms with Crippen LogP contribution in [0, 0.1) is 0 Å². The summed E-state index contributed by atoms with van der Waals surface area (Å²) in [6.45, 7) is 0.111. The standard InChI is InChI=1S/C4H9NO2.C4H4O4.Zn/c1-5(2)3-4(6)7;5-3(6)1-2-4(7)8;/h3H2,1-2H3,(H,6,7);1-2H,(H,5,6)(H,7,8);/q;;+2/p-2/b;2-1+;. The van der Waals surface area contributed by atoms with Gasteiger partial charge >= 0.3 is 25.4 Å². The van der Waals surface area contributed by atoms with Crippen molar-refractivity contribution in [1.82, 2.24) is 4.90 Å². The summed E-state index contributed by atoms with van der Waals surface area (Å²) in [5.41, 5.74) is 0. The Kier molecular flexibility index (Phi) is 14.9. The zero-order valence-electron chi connectivity index (χ0n) is 9.00. The molecule has 86 valence electrons. The van der Waals surface area contributed by atoms with Crippen LogP contribution in [0.2, 0.25) is 0 Å². The monoisotopic (exact) mass is 281 g/mol. The van der Waals surface area contributed by atoms with Gasteiger partial charge in [0.2, 0.25) is 0 Å². The number of hydrogen-bond acceptors (Lipinski definition) is 6. The maximum atomic E-state index is 9.77. The number of carboxylic acid groups (broad SMARTS) is 3. The largest absolute Gasteiger partial charge is 2.00 e. The van der Waals surface area contributed by atoms with Gasteiger partial charge in [-0.3, -0.25) is 9.69 Å². The molecule has 0 saturated carbocycles. The molecule has 0 amide bonds. The number of likely N-dealkylation sites (N-methyl/N-ethyl adjacent to an activating group) is 1. The number of aliphatic carboxylic acids is 3. The second-order valence-electron chi connectivity index (χ2n) is 2.60. The molecule has 0 heterocycles. The second-order valence-corrected chi connectivity index (χ2v) is 2.60. The van der Waals surface area contributed by atoms with Crippen molar-refractivity contribution in [2.24, 2.45) is 0 Å². The summed E-state index contributed by atoms with van der Waals surface area (Å²) in [7, 11) is 3.43. The van der Waals surface area contributed by atoms with Crippen molar-refractivity contribution in [3.63, 3.8) is 0 Å². The number of rotatable bonds is 4. The minimum Gasteiger partial charge on any atom is -0.545 e. The molecule has 0 aliphatic rings. The summed E-state index contributed by atoms with van der Waals surface area (Å²) in [5.74, 6) is -3.88. The molecule has 16 heavy (non-hydrogen) atoms. The Bertz CT molecular complexity index is 247. The van der Waals surface area contributed by atoms with Crippen molar-refractivity contribution < 1.29 is 49.2 Å². The van der Waals surface area contributed by atoms with Crippen LogP contribution in [0.3, 0.4) is 0 Å². The van der Waals surface area contributed by atoms with Gasteiger partial charge in [-0.1, -0.05) is 0 Å². The minimum absolute atomic E-state index is 0. The van der Waals surface area contributed by atoms with Gasteiger partial charge in [-0.05, 0) is 26.2 Å². The van der Waals surface area contributed by atoms with Crippen LogP contribution in [-0.2, 0) is 33.9 Å². The van der Waals surface area contributed by atoms with Gasteiger partial charge in [-0.15, -0.1) is 0 Å². The molecule has 8 heteroatoms. The molecule has 1 N–H and O–H groups in total. The molecule has 0 saturated heterocycles. The quantitative estimate of drug-likeness (QED) is 0.423. The van der Waals surface area contributed by atoms with E-state index in [9.17, 15) is 24.6 Å². The first kappa shape index (κ1) is 20.2. The van der Waals surface area contributed by atoms with Crippen LogP contribution in [0.4, 0.5) is 0 Å². The predicted molar refractivity (Wildman–Crippen MR) is 45.3 cm³/mol. The van der Waals surface area contributed by atoms with Crippen molar-refractivity contribution in [1.29, 1.82) is 0 Å². The van der Waals surface area contributed by atoms with Crippen molar-refractivity contribution in [2.45, 2.75) is 0 Å². The van der Waals surface area contributed by atoms with Crippen molar-refractivity contribution in [3.8, 4) is 0 Å². The van der Waals surface area contributed by atoms with Gasteiger partial charge in [0.15, 0.2) is 0 Å².